The Morgan fingerprint density at radius 3 is 2.22 bits per heavy atom. The molecule has 1 N–H and O–H groups in total. The Balaban J connectivity index is 1.90. The zero-order chi connectivity index (χ0) is 20.2. The van der Waals surface area contributed by atoms with Gasteiger partial charge < -0.3 is 10.2 Å². The number of hydrogen-bond donors (Lipinski definition) is 1. The van der Waals surface area contributed by atoms with Crippen LogP contribution in [0.25, 0.3) is 0 Å². The first-order chi connectivity index (χ1) is 12.5. The van der Waals surface area contributed by atoms with Gasteiger partial charge >= 0.3 is 0 Å². The summed E-state index contributed by atoms with van der Waals surface area (Å²) in [5, 5.41) is 2.86. The molecule has 0 radical (unpaired) electrons. The molecule has 1 aromatic rings. The van der Waals surface area contributed by atoms with E-state index in [-0.39, 0.29) is 18.9 Å². The number of benzene rings is 1. The highest BCUT2D eigenvalue weighted by molar-refractivity contribution is 7.88. The first kappa shape index (κ1) is 21.7. The maximum Gasteiger partial charge on any atom is 0.225 e. The van der Waals surface area contributed by atoms with Gasteiger partial charge in [-0.15, -0.1) is 0 Å². The fourth-order valence-corrected chi connectivity index (χ4v) is 4.87. The second-order valence-corrected chi connectivity index (χ2v) is 10.4. The van der Waals surface area contributed by atoms with Crippen LogP contribution in [-0.4, -0.2) is 50.1 Å². The van der Waals surface area contributed by atoms with Gasteiger partial charge in [0.15, 0.2) is 0 Å². The molecule has 2 rings (SSSR count). The molecular weight excluding hydrogens is 362 g/mol. The molecule has 0 atom stereocenters. The van der Waals surface area contributed by atoms with Crippen LogP contribution in [-0.2, 0) is 14.8 Å². The largest absolute Gasteiger partial charge is 0.372 e. The van der Waals surface area contributed by atoms with Gasteiger partial charge in [0.25, 0.3) is 0 Å². The molecule has 0 aromatic heterocycles. The van der Waals surface area contributed by atoms with Crippen molar-refractivity contribution < 1.29 is 13.2 Å². The number of sulfonamides is 1. The zero-order valence-electron chi connectivity index (χ0n) is 17.2. The van der Waals surface area contributed by atoms with Crippen molar-refractivity contribution in [3.63, 3.8) is 0 Å². The summed E-state index contributed by atoms with van der Waals surface area (Å²) in [6.07, 6.45) is 3.72. The normalized spacial score (nSPS) is 16.6. The van der Waals surface area contributed by atoms with Gasteiger partial charge in [0.05, 0.1) is 6.26 Å². The molecule has 1 fully saturated rings. The minimum Gasteiger partial charge on any atom is -0.372 e. The van der Waals surface area contributed by atoms with Gasteiger partial charge in [-0.2, -0.15) is 4.31 Å². The third-order valence-electron chi connectivity index (χ3n) is 4.99. The Bertz CT molecular complexity index is 731. The average Bonchev–Trinajstić information content (AvgIpc) is 2.54. The average molecular weight is 396 g/mol. The molecule has 7 heteroatoms. The molecule has 0 unspecified atom stereocenters. The van der Waals surface area contributed by atoms with Crippen molar-refractivity contribution in [1.29, 1.82) is 0 Å². The maximum atomic E-state index is 12.3. The Morgan fingerprint density at radius 1 is 1.19 bits per heavy atom. The minimum absolute atomic E-state index is 0.121. The summed E-state index contributed by atoms with van der Waals surface area (Å²) in [5.74, 6) is 0.604. The van der Waals surface area contributed by atoms with E-state index in [1.807, 2.05) is 45.0 Å². The van der Waals surface area contributed by atoms with E-state index in [0.717, 1.165) is 24.7 Å². The Morgan fingerprint density at radius 2 is 1.74 bits per heavy atom. The third-order valence-corrected chi connectivity index (χ3v) is 6.52. The second kappa shape index (κ2) is 8.61. The summed E-state index contributed by atoms with van der Waals surface area (Å²) in [4.78, 5) is 14.6. The van der Waals surface area contributed by atoms with Crippen molar-refractivity contribution in [3.05, 3.63) is 24.3 Å². The topological polar surface area (TPSA) is 69.7 Å². The standard InChI is InChI=1S/C20H33N3O3S/c1-16-10-13-22(14-11-16)18-8-6-17(7-9-18)21-19(24)12-15-23(20(2,3)4)27(5,25)26/h6-9,16H,10-15H2,1-5H3,(H,21,24). The van der Waals surface area contributed by atoms with Crippen molar-refractivity contribution in [1.82, 2.24) is 4.31 Å². The molecule has 0 bridgehead atoms. The van der Waals surface area contributed by atoms with E-state index < -0.39 is 15.6 Å². The summed E-state index contributed by atoms with van der Waals surface area (Å²) in [6, 6.07) is 7.87. The van der Waals surface area contributed by atoms with Gasteiger partial charge in [0.1, 0.15) is 0 Å². The van der Waals surface area contributed by atoms with Crippen LogP contribution in [0.15, 0.2) is 24.3 Å². The summed E-state index contributed by atoms with van der Waals surface area (Å²) < 4.78 is 25.3. The monoisotopic (exact) mass is 395 g/mol. The van der Waals surface area contributed by atoms with Crippen LogP contribution < -0.4 is 10.2 Å². The first-order valence-corrected chi connectivity index (χ1v) is 11.4. The molecule has 0 aliphatic carbocycles. The van der Waals surface area contributed by atoms with Crippen LogP contribution in [0, 0.1) is 5.92 Å². The lowest BCUT2D eigenvalue weighted by Gasteiger charge is -2.33. The van der Waals surface area contributed by atoms with Crippen molar-refractivity contribution in [2.24, 2.45) is 5.92 Å². The van der Waals surface area contributed by atoms with Gasteiger partial charge in [0, 0.05) is 43.0 Å². The molecule has 1 amide bonds. The lowest BCUT2D eigenvalue weighted by Crippen LogP contribution is -2.46. The van der Waals surface area contributed by atoms with Gasteiger partial charge in [-0.3, -0.25) is 4.79 Å². The van der Waals surface area contributed by atoms with Gasteiger partial charge in [-0.05, 0) is 63.8 Å². The lowest BCUT2D eigenvalue weighted by molar-refractivity contribution is -0.116. The molecule has 1 aromatic carbocycles. The summed E-state index contributed by atoms with van der Waals surface area (Å²) in [7, 11) is -3.37. The quantitative estimate of drug-likeness (QED) is 0.802. The van der Waals surface area contributed by atoms with E-state index in [2.05, 4.69) is 17.1 Å². The number of hydrogen-bond acceptors (Lipinski definition) is 4. The summed E-state index contributed by atoms with van der Waals surface area (Å²) in [5.41, 5.74) is 1.35. The van der Waals surface area contributed by atoms with Crippen LogP contribution in [0.3, 0.4) is 0 Å². The molecule has 152 valence electrons. The molecule has 0 saturated carbocycles. The number of anilines is 2. The number of carbonyl (C=O) groups is 1. The van der Waals surface area contributed by atoms with Gasteiger partial charge in [0.2, 0.25) is 15.9 Å². The van der Waals surface area contributed by atoms with Crippen molar-refractivity contribution in [2.75, 3.05) is 36.1 Å². The van der Waals surface area contributed by atoms with E-state index in [4.69, 9.17) is 0 Å². The lowest BCUT2D eigenvalue weighted by atomic mass is 9.99. The van der Waals surface area contributed by atoms with E-state index in [0.29, 0.717) is 0 Å². The minimum atomic E-state index is -3.37. The van der Waals surface area contributed by atoms with E-state index in [1.165, 1.54) is 29.1 Å². The first-order valence-electron chi connectivity index (χ1n) is 9.59. The fraction of sp³-hybridized carbons (Fsp3) is 0.650. The Kier molecular flexibility index (Phi) is 6.92. The summed E-state index contributed by atoms with van der Waals surface area (Å²) >= 11 is 0. The predicted octanol–water partition coefficient (Wildman–Crippen LogP) is 3.31. The fourth-order valence-electron chi connectivity index (χ4n) is 3.45. The molecule has 1 saturated heterocycles. The Labute approximate surface area is 164 Å². The van der Waals surface area contributed by atoms with Crippen LogP contribution in [0.4, 0.5) is 11.4 Å². The predicted molar refractivity (Wildman–Crippen MR) is 112 cm³/mol. The maximum absolute atomic E-state index is 12.3. The second-order valence-electron chi connectivity index (χ2n) is 8.52. The smallest absolute Gasteiger partial charge is 0.225 e. The highest BCUT2D eigenvalue weighted by Crippen LogP contribution is 2.24. The van der Waals surface area contributed by atoms with Crippen molar-refractivity contribution in [2.45, 2.75) is 52.5 Å². The molecule has 27 heavy (non-hydrogen) atoms. The molecule has 1 aliphatic rings. The van der Waals surface area contributed by atoms with E-state index in [1.54, 1.807) is 0 Å². The summed E-state index contributed by atoms with van der Waals surface area (Å²) in [6.45, 7) is 10.1. The van der Waals surface area contributed by atoms with Crippen molar-refractivity contribution in [3.8, 4) is 0 Å². The van der Waals surface area contributed by atoms with Crippen LogP contribution in [0.2, 0.25) is 0 Å². The zero-order valence-corrected chi connectivity index (χ0v) is 18.0. The molecule has 1 heterocycles. The van der Waals surface area contributed by atoms with Crippen LogP contribution in [0.5, 0.6) is 0 Å². The van der Waals surface area contributed by atoms with Crippen LogP contribution in [0.1, 0.15) is 47.0 Å². The Hall–Kier alpha value is -1.60. The number of amides is 1. The molecule has 0 spiro atoms. The van der Waals surface area contributed by atoms with Gasteiger partial charge in [-0.1, -0.05) is 6.92 Å². The number of piperidine rings is 1. The number of nitrogens with one attached hydrogen (secondary N) is 1. The molecule has 1 aliphatic heterocycles. The molecule has 6 nitrogen and oxygen atoms in total. The number of rotatable bonds is 6. The molecular formula is C20H33N3O3S. The highest BCUT2D eigenvalue weighted by Gasteiger charge is 2.29. The van der Waals surface area contributed by atoms with Gasteiger partial charge in [-0.25, -0.2) is 8.42 Å². The van der Waals surface area contributed by atoms with E-state index in [9.17, 15) is 13.2 Å². The number of nitrogens with zero attached hydrogens (tertiary/aromatic N) is 2. The number of carbonyl (C=O) groups excluding carboxylic acids is 1. The van der Waals surface area contributed by atoms with E-state index >= 15 is 0 Å². The van der Waals surface area contributed by atoms with Crippen LogP contribution >= 0.6 is 0 Å². The third kappa shape index (κ3) is 6.50. The SMILES string of the molecule is CC1CCN(c2ccc(NC(=O)CCN(C(C)(C)C)S(C)(=O)=O)cc2)CC1. The highest BCUT2D eigenvalue weighted by atomic mass is 32.2. The van der Waals surface area contributed by atoms with Crippen molar-refractivity contribution >= 4 is 27.3 Å².